The van der Waals surface area contributed by atoms with Gasteiger partial charge in [-0.15, -0.1) is 0 Å². The molecule has 3 heteroatoms. The summed E-state index contributed by atoms with van der Waals surface area (Å²) in [4.78, 5) is 0. The summed E-state index contributed by atoms with van der Waals surface area (Å²) >= 11 is 4.12. The smallest absolute Gasteiger partial charge is 0.0620 e. The summed E-state index contributed by atoms with van der Waals surface area (Å²) in [6.07, 6.45) is 1.88. The normalized spacial score (nSPS) is 11.7. The van der Waals surface area contributed by atoms with Crippen molar-refractivity contribution in [3.05, 3.63) is 216 Å². The Bertz CT molecular complexity index is 1820. The molecule has 0 aliphatic rings. The quantitative estimate of drug-likeness (QED) is 0.124. The van der Waals surface area contributed by atoms with Crippen LogP contribution >= 0.6 is 30.5 Å². The van der Waals surface area contributed by atoms with Gasteiger partial charge in [-0.3, -0.25) is 0 Å². The molecule has 7 rings (SSSR count). The van der Waals surface area contributed by atoms with Gasteiger partial charge < -0.3 is 0 Å². The Hall–Kier alpha value is -4.12. The fourth-order valence-electron chi connectivity index (χ4n) is 6.88. The largest absolute Gasteiger partial charge is 0.116 e. The Morgan fingerprint density at radius 3 is 0.872 bits per heavy atom. The second-order valence-electron chi connectivity index (χ2n) is 11.9. The lowest BCUT2D eigenvalue weighted by Crippen LogP contribution is -2.33. The van der Waals surface area contributed by atoms with Crippen molar-refractivity contribution in [2.45, 2.75) is 12.3 Å². The molecule has 0 aliphatic carbocycles. The molecule has 0 spiro atoms. The van der Waals surface area contributed by atoms with E-state index < -0.39 is 14.5 Å². The SMILES string of the molecule is Brc1cc(C[P+](c2ccccc2)(c2ccccc2)c2ccccc2)ccc1C[P+](c1ccccc1)(c1ccccc1)c1ccccc1. The molecular weight excluding hydrogens is 670 g/mol. The van der Waals surface area contributed by atoms with Crippen LogP contribution in [0.4, 0.5) is 0 Å². The van der Waals surface area contributed by atoms with Gasteiger partial charge in [0.2, 0.25) is 0 Å². The molecule has 0 amide bonds. The van der Waals surface area contributed by atoms with E-state index in [1.165, 1.54) is 47.4 Å². The van der Waals surface area contributed by atoms with E-state index in [1.54, 1.807) is 0 Å². The van der Waals surface area contributed by atoms with Crippen molar-refractivity contribution < 1.29 is 0 Å². The summed E-state index contributed by atoms with van der Waals surface area (Å²) in [6, 6.07) is 74.1. The van der Waals surface area contributed by atoms with Gasteiger partial charge in [0, 0.05) is 10.0 Å². The second-order valence-corrected chi connectivity index (χ2v) is 19.7. The predicted molar refractivity (Wildman–Crippen MR) is 212 cm³/mol. The number of benzene rings is 7. The first-order valence-electron chi connectivity index (χ1n) is 16.1. The molecule has 7 aromatic rings. The number of rotatable bonds is 10. The molecule has 0 radical (unpaired) electrons. The Morgan fingerprint density at radius 2 is 0.596 bits per heavy atom. The maximum absolute atomic E-state index is 4.12. The summed E-state index contributed by atoms with van der Waals surface area (Å²) in [5.74, 6) is 0. The van der Waals surface area contributed by atoms with E-state index >= 15 is 0 Å². The van der Waals surface area contributed by atoms with Gasteiger partial charge in [0.05, 0.1) is 12.3 Å². The van der Waals surface area contributed by atoms with Crippen molar-refractivity contribution in [1.82, 2.24) is 0 Å². The number of halogens is 1. The Kier molecular flexibility index (Phi) is 9.60. The van der Waals surface area contributed by atoms with Crippen LogP contribution in [0.5, 0.6) is 0 Å². The Morgan fingerprint density at radius 1 is 0.319 bits per heavy atom. The van der Waals surface area contributed by atoms with Crippen LogP contribution in [0.2, 0.25) is 0 Å². The van der Waals surface area contributed by atoms with E-state index in [0.717, 1.165) is 12.3 Å². The number of hydrogen-bond donors (Lipinski definition) is 0. The minimum absolute atomic E-state index is 0.933. The topological polar surface area (TPSA) is 0 Å². The third-order valence-corrected chi connectivity index (χ3v) is 18.6. The highest BCUT2D eigenvalue weighted by atomic mass is 79.9. The Labute approximate surface area is 289 Å². The third kappa shape index (κ3) is 6.29. The molecular formula is C44H37BrP2+2. The zero-order valence-electron chi connectivity index (χ0n) is 26.2. The van der Waals surface area contributed by atoms with Gasteiger partial charge in [-0.2, -0.15) is 0 Å². The van der Waals surface area contributed by atoms with Crippen LogP contribution in [0.25, 0.3) is 0 Å². The average Bonchev–Trinajstić information content (AvgIpc) is 3.16. The number of hydrogen-bond acceptors (Lipinski definition) is 0. The lowest BCUT2D eigenvalue weighted by atomic mass is 10.2. The van der Waals surface area contributed by atoms with E-state index in [9.17, 15) is 0 Å². The molecule has 0 fully saturated rings. The van der Waals surface area contributed by atoms with Crippen LogP contribution in [-0.4, -0.2) is 0 Å². The summed E-state index contributed by atoms with van der Waals surface area (Å²) in [5, 5.41) is 8.40. The molecule has 0 nitrogen and oxygen atoms in total. The summed E-state index contributed by atoms with van der Waals surface area (Å²) < 4.78 is 1.18. The minimum Gasteiger partial charge on any atom is -0.0620 e. The predicted octanol–water partition coefficient (Wildman–Crippen LogP) is 9.44. The highest BCUT2D eigenvalue weighted by Crippen LogP contribution is 2.60. The first-order valence-corrected chi connectivity index (χ1v) is 20.8. The van der Waals surface area contributed by atoms with Crippen molar-refractivity contribution in [2.24, 2.45) is 0 Å². The molecule has 0 bridgehead atoms. The summed E-state index contributed by atoms with van der Waals surface area (Å²) in [7, 11) is -4.03. The van der Waals surface area contributed by atoms with Crippen LogP contribution in [0.3, 0.4) is 0 Å². The molecule has 0 saturated carbocycles. The standard InChI is InChI=1S/C44H37BrP2/c45-44-33-36(34-46(38-19-7-1-8-20-38,39-21-9-2-10-22-39)40-23-11-3-12-24-40)31-32-37(44)35-47(41-25-13-4-14-26-41,42-27-15-5-16-28-42)43-29-17-6-18-30-43/h1-33H,34-35H2/q+2. The van der Waals surface area contributed by atoms with Gasteiger partial charge in [0.15, 0.2) is 0 Å². The maximum Gasteiger partial charge on any atom is 0.116 e. The van der Waals surface area contributed by atoms with Crippen molar-refractivity contribution >= 4 is 62.3 Å². The third-order valence-electron chi connectivity index (χ3n) is 9.13. The Balaban J connectivity index is 1.36. The van der Waals surface area contributed by atoms with Gasteiger partial charge in [-0.25, -0.2) is 0 Å². The van der Waals surface area contributed by atoms with Crippen LogP contribution in [0, 0.1) is 0 Å². The van der Waals surface area contributed by atoms with E-state index in [2.05, 4.69) is 216 Å². The zero-order chi connectivity index (χ0) is 31.9. The molecule has 228 valence electrons. The van der Waals surface area contributed by atoms with Gasteiger partial charge >= 0.3 is 0 Å². The van der Waals surface area contributed by atoms with Gasteiger partial charge in [-0.05, 0) is 84.4 Å². The highest BCUT2D eigenvalue weighted by molar-refractivity contribution is 9.10. The van der Waals surface area contributed by atoms with E-state index in [-0.39, 0.29) is 0 Å². The lowest BCUT2D eigenvalue weighted by molar-refractivity contribution is 1.30. The van der Waals surface area contributed by atoms with E-state index in [4.69, 9.17) is 0 Å². The molecule has 47 heavy (non-hydrogen) atoms. The molecule has 0 heterocycles. The van der Waals surface area contributed by atoms with E-state index in [0.29, 0.717) is 0 Å². The van der Waals surface area contributed by atoms with Crippen LogP contribution < -0.4 is 31.8 Å². The monoisotopic (exact) mass is 706 g/mol. The maximum atomic E-state index is 4.12. The van der Waals surface area contributed by atoms with Crippen molar-refractivity contribution in [3.8, 4) is 0 Å². The molecule has 0 saturated heterocycles. The van der Waals surface area contributed by atoms with Crippen LogP contribution in [0.15, 0.2) is 205 Å². The van der Waals surface area contributed by atoms with E-state index in [1.807, 2.05) is 0 Å². The molecule has 0 N–H and O–H groups in total. The molecule has 0 aromatic heterocycles. The average molecular weight is 708 g/mol. The fraction of sp³-hybridized carbons (Fsp3) is 0.0455. The van der Waals surface area contributed by atoms with Crippen LogP contribution in [-0.2, 0) is 12.3 Å². The van der Waals surface area contributed by atoms with Gasteiger partial charge in [0.25, 0.3) is 0 Å². The highest BCUT2D eigenvalue weighted by Gasteiger charge is 2.47. The molecule has 7 aromatic carbocycles. The van der Waals surface area contributed by atoms with Crippen molar-refractivity contribution in [2.75, 3.05) is 0 Å². The first-order chi connectivity index (χ1) is 23.2. The van der Waals surface area contributed by atoms with Gasteiger partial charge in [-0.1, -0.05) is 137 Å². The van der Waals surface area contributed by atoms with Crippen molar-refractivity contribution in [1.29, 1.82) is 0 Å². The van der Waals surface area contributed by atoms with Crippen molar-refractivity contribution in [3.63, 3.8) is 0 Å². The summed E-state index contributed by atoms with van der Waals surface area (Å²) in [5.41, 5.74) is 2.68. The van der Waals surface area contributed by atoms with Gasteiger partial charge in [0.1, 0.15) is 46.4 Å². The fourth-order valence-corrected chi connectivity index (χ4v) is 16.2. The van der Waals surface area contributed by atoms with Crippen LogP contribution in [0.1, 0.15) is 11.1 Å². The lowest BCUT2D eigenvalue weighted by Gasteiger charge is -2.29. The molecule has 0 atom stereocenters. The first kappa shape index (κ1) is 31.5. The molecule has 0 unspecified atom stereocenters. The zero-order valence-corrected chi connectivity index (χ0v) is 29.6. The minimum atomic E-state index is -2.02. The second kappa shape index (κ2) is 14.3. The summed E-state index contributed by atoms with van der Waals surface area (Å²) in [6.45, 7) is 0. The molecule has 0 aliphatic heterocycles.